The van der Waals surface area contributed by atoms with Crippen LogP contribution in [-0.4, -0.2) is 11.6 Å². The molecule has 1 rings (SSSR count). The van der Waals surface area contributed by atoms with Crippen molar-refractivity contribution in [3.63, 3.8) is 0 Å². The van der Waals surface area contributed by atoms with Crippen molar-refractivity contribution in [3.8, 4) is 0 Å². The molecular weight excluding hydrogens is 202 g/mol. The van der Waals surface area contributed by atoms with Crippen LogP contribution in [0.1, 0.15) is 31.9 Å². The molecule has 0 unspecified atom stereocenters. The Morgan fingerprint density at radius 3 is 2.31 bits per heavy atom. The molecule has 0 aliphatic carbocycles. The van der Waals surface area contributed by atoms with Crippen LogP contribution < -0.4 is 5.73 Å². The fourth-order valence-corrected chi connectivity index (χ4v) is 1.46. The van der Waals surface area contributed by atoms with Gasteiger partial charge >= 0.3 is 5.97 Å². The van der Waals surface area contributed by atoms with Gasteiger partial charge in [-0.05, 0) is 31.9 Å². The summed E-state index contributed by atoms with van der Waals surface area (Å²) in [5, 5.41) is 0. The van der Waals surface area contributed by atoms with Gasteiger partial charge in [0.1, 0.15) is 5.60 Å². The van der Waals surface area contributed by atoms with Gasteiger partial charge in [0, 0.05) is 6.54 Å². The van der Waals surface area contributed by atoms with E-state index in [2.05, 4.69) is 0 Å². The number of nitrogens with two attached hydrogens (primary N) is 1. The molecule has 1 aromatic carbocycles. The first-order valence-electron chi connectivity index (χ1n) is 5.41. The van der Waals surface area contributed by atoms with Gasteiger partial charge in [-0.1, -0.05) is 24.3 Å². The van der Waals surface area contributed by atoms with Crippen LogP contribution in [0.5, 0.6) is 0 Å². The highest BCUT2D eigenvalue weighted by Crippen LogP contribution is 2.13. The molecule has 0 atom stereocenters. The number of benzene rings is 1. The normalized spacial score (nSPS) is 11.2. The van der Waals surface area contributed by atoms with Crippen LogP contribution in [0.2, 0.25) is 0 Å². The van der Waals surface area contributed by atoms with Gasteiger partial charge in [-0.15, -0.1) is 0 Å². The first-order chi connectivity index (χ1) is 7.42. The summed E-state index contributed by atoms with van der Waals surface area (Å²) in [6.45, 7) is 6.03. The molecule has 0 radical (unpaired) electrons. The summed E-state index contributed by atoms with van der Waals surface area (Å²) in [7, 11) is 0. The Morgan fingerprint density at radius 2 is 1.81 bits per heavy atom. The smallest absolute Gasteiger partial charge is 0.310 e. The van der Waals surface area contributed by atoms with Crippen molar-refractivity contribution in [3.05, 3.63) is 35.4 Å². The van der Waals surface area contributed by atoms with Crippen LogP contribution in [0, 0.1) is 0 Å². The molecule has 0 saturated carbocycles. The van der Waals surface area contributed by atoms with Gasteiger partial charge in [-0.25, -0.2) is 0 Å². The molecule has 0 aliphatic rings. The van der Waals surface area contributed by atoms with Gasteiger partial charge in [0.2, 0.25) is 0 Å². The van der Waals surface area contributed by atoms with E-state index in [1.54, 1.807) is 0 Å². The number of rotatable bonds is 3. The van der Waals surface area contributed by atoms with Gasteiger partial charge in [0.15, 0.2) is 0 Å². The summed E-state index contributed by atoms with van der Waals surface area (Å²) >= 11 is 0. The van der Waals surface area contributed by atoms with Gasteiger partial charge < -0.3 is 10.5 Å². The van der Waals surface area contributed by atoms with E-state index < -0.39 is 5.60 Å². The average molecular weight is 221 g/mol. The summed E-state index contributed by atoms with van der Waals surface area (Å²) in [5.74, 6) is -0.214. The van der Waals surface area contributed by atoms with E-state index in [9.17, 15) is 4.79 Å². The van der Waals surface area contributed by atoms with E-state index in [0.29, 0.717) is 6.54 Å². The Labute approximate surface area is 96.6 Å². The minimum Gasteiger partial charge on any atom is -0.460 e. The Kier molecular flexibility index (Phi) is 4.07. The van der Waals surface area contributed by atoms with Crippen LogP contribution in [0.25, 0.3) is 0 Å². The lowest BCUT2D eigenvalue weighted by molar-refractivity contribution is -0.153. The molecule has 0 heterocycles. The molecule has 3 heteroatoms. The standard InChI is InChI=1S/C13H19NO2/c1-13(2,3)16-12(15)8-10-6-4-5-7-11(10)9-14/h4-7H,8-9,14H2,1-3H3. The van der Waals surface area contributed by atoms with Crippen molar-refractivity contribution in [2.24, 2.45) is 5.73 Å². The Morgan fingerprint density at radius 1 is 1.25 bits per heavy atom. The van der Waals surface area contributed by atoms with E-state index in [4.69, 9.17) is 10.5 Å². The van der Waals surface area contributed by atoms with E-state index >= 15 is 0 Å². The SMILES string of the molecule is CC(C)(C)OC(=O)Cc1ccccc1CN. The molecule has 3 nitrogen and oxygen atoms in total. The molecular formula is C13H19NO2. The average Bonchev–Trinajstić information content (AvgIpc) is 2.15. The van der Waals surface area contributed by atoms with Crippen LogP contribution in [0.15, 0.2) is 24.3 Å². The van der Waals surface area contributed by atoms with Gasteiger partial charge in [-0.3, -0.25) is 4.79 Å². The number of carbonyl (C=O) groups excluding carboxylic acids is 1. The number of ether oxygens (including phenoxy) is 1. The second-order valence-corrected chi connectivity index (χ2v) is 4.74. The summed E-state index contributed by atoms with van der Waals surface area (Å²) in [6, 6.07) is 7.66. The lowest BCUT2D eigenvalue weighted by atomic mass is 10.0. The number of carbonyl (C=O) groups is 1. The predicted octanol–water partition coefficient (Wildman–Crippen LogP) is 2.03. The number of hydrogen-bond donors (Lipinski definition) is 1. The summed E-state index contributed by atoms with van der Waals surface area (Å²) in [6.07, 6.45) is 0.282. The van der Waals surface area contributed by atoms with Crippen molar-refractivity contribution in [1.82, 2.24) is 0 Å². The van der Waals surface area contributed by atoms with Gasteiger partial charge in [0.05, 0.1) is 6.42 Å². The Balaban J connectivity index is 2.70. The lowest BCUT2D eigenvalue weighted by Gasteiger charge is -2.19. The topological polar surface area (TPSA) is 52.3 Å². The van der Waals surface area contributed by atoms with Crippen molar-refractivity contribution in [1.29, 1.82) is 0 Å². The van der Waals surface area contributed by atoms with Crippen LogP contribution >= 0.6 is 0 Å². The molecule has 2 N–H and O–H groups in total. The lowest BCUT2D eigenvalue weighted by Crippen LogP contribution is -2.25. The number of hydrogen-bond acceptors (Lipinski definition) is 3. The van der Waals surface area contributed by atoms with Crippen LogP contribution in [-0.2, 0) is 22.5 Å². The van der Waals surface area contributed by atoms with Crippen LogP contribution in [0.3, 0.4) is 0 Å². The largest absolute Gasteiger partial charge is 0.460 e. The quantitative estimate of drug-likeness (QED) is 0.794. The van der Waals surface area contributed by atoms with E-state index in [0.717, 1.165) is 11.1 Å². The van der Waals surface area contributed by atoms with Gasteiger partial charge in [-0.2, -0.15) is 0 Å². The maximum atomic E-state index is 11.6. The second-order valence-electron chi connectivity index (χ2n) is 4.74. The van der Waals surface area contributed by atoms with Crippen molar-refractivity contribution in [2.45, 2.75) is 39.3 Å². The van der Waals surface area contributed by atoms with Gasteiger partial charge in [0.25, 0.3) is 0 Å². The van der Waals surface area contributed by atoms with Crippen molar-refractivity contribution >= 4 is 5.97 Å². The third kappa shape index (κ3) is 4.03. The fourth-order valence-electron chi connectivity index (χ4n) is 1.46. The van der Waals surface area contributed by atoms with E-state index in [1.165, 1.54) is 0 Å². The summed E-state index contributed by atoms with van der Waals surface area (Å²) in [5.41, 5.74) is 7.10. The maximum Gasteiger partial charge on any atom is 0.310 e. The van der Waals surface area contributed by atoms with Crippen molar-refractivity contribution in [2.75, 3.05) is 0 Å². The monoisotopic (exact) mass is 221 g/mol. The minimum absolute atomic E-state index is 0.214. The Bertz CT molecular complexity index is 366. The Hall–Kier alpha value is -1.35. The predicted molar refractivity (Wildman–Crippen MR) is 63.9 cm³/mol. The molecule has 0 aromatic heterocycles. The highest BCUT2D eigenvalue weighted by Gasteiger charge is 2.17. The molecule has 0 aliphatic heterocycles. The third-order valence-corrected chi connectivity index (χ3v) is 2.09. The molecule has 16 heavy (non-hydrogen) atoms. The second kappa shape index (κ2) is 5.12. The first-order valence-corrected chi connectivity index (χ1v) is 5.41. The molecule has 1 aromatic rings. The third-order valence-electron chi connectivity index (χ3n) is 2.09. The minimum atomic E-state index is -0.436. The van der Waals surface area contributed by atoms with E-state index in [-0.39, 0.29) is 12.4 Å². The van der Waals surface area contributed by atoms with E-state index in [1.807, 2.05) is 45.0 Å². The molecule has 0 amide bonds. The van der Waals surface area contributed by atoms with Crippen molar-refractivity contribution < 1.29 is 9.53 Å². The zero-order chi connectivity index (χ0) is 12.2. The molecule has 0 fully saturated rings. The molecule has 0 spiro atoms. The molecule has 0 bridgehead atoms. The fraction of sp³-hybridized carbons (Fsp3) is 0.462. The first kappa shape index (κ1) is 12.7. The zero-order valence-corrected chi connectivity index (χ0v) is 10.1. The van der Waals surface area contributed by atoms with Crippen LogP contribution in [0.4, 0.5) is 0 Å². The maximum absolute atomic E-state index is 11.6. The molecule has 88 valence electrons. The zero-order valence-electron chi connectivity index (χ0n) is 10.1. The summed E-state index contributed by atoms with van der Waals surface area (Å²) in [4.78, 5) is 11.6. The summed E-state index contributed by atoms with van der Waals surface area (Å²) < 4.78 is 5.26. The highest BCUT2D eigenvalue weighted by molar-refractivity contribution is 5.73. The molecule has 0 saturated heterocycles. The highest BCUT2D eigenvalue weighted by atomic mass is 16.6. The number of esters is 1.